The molecule has 1 aliphatic heterocycles. The van der Waals surface area contributed by atoms with Gasteiger partial charge in [0.15, 0.2) is 5.11 Å². The maximum Gasteiger partial charge on any atom is 0.174 e. The van der Waals surface area contributed by atoms with Crippen molar-refractivity contribution in [2.45, 2.75) is 12.1 Å². The van der Waals surface area contributed by atoms with E-state index in [1.54, 1.807) is 0 Å². The van der Waals surface area contributed by atoms with Gasteiger partial charge >= 0.3 is 0 Å². The molecule has 4 rings (SSSR count). The highest BCUT2D eigenvalue weighted by atomic mass is 79.9. The Morgan fingerprint density at radius 1 is 1.08 bits per heavy atom. The first-order valence-corrected chi connectivity index (χ1v) is 9.23. The van der Waals surface area contributed by atoms with Gasteiger partial charge in [-0.05, 0) is 60.7 Å². The number of halogens is 1. The molecule has 25 heavy (non-hydrogen) atoms. The zero-order chi connectivity index (χ0) is 17.4. The minimum atomic E-state index is -0.00838. The largest absolute Gasteiger partial charge is 0.353 e. The minimum absolute atomic E-state index is 0.00838. The Hall–Kier alpha value is -2.18. The van der Waals surface area contributed by atoms with E-state index in [0.717, 1.165) is 15.9 Å². The molecule has 0 saturated carbocycles. The third kappa shape index (κ3) is 2.96. The van der Waals surface area contributed by atoms with Crippen molar-refractivity contribution < 1.29 is 0 Å². The van der Waals surface area contributed by atoms with Gasteiger partial charge in [0.05, 0.1) is 11.7 Å². The fraction of sp³-hybridized carbons (Fsp3) is 0.158. The van der Waals surface area contributed by atoms with E-state index < -0.39 is 0 Å². The van der Waals surface area contributed by atoms with Gasteiger partial charge in [-0.2, -0.15) is 0 Å². The van der Waals surface area contributed by atoms with E-state index in [9.17, 15) is 0 Å². The van der Waals surface area contributed by atoms with Gasteiger partial charge in [0.1, 0.15) is 6.04 Å². The summed E-state index contributed by atoms with van der Waals surface area (Å²) in [5.41, 5.74) is 3.23. The van der Waals surface area contributed by atoms with Gasteiger partial charge in [-0.15, -0.1) is 0 Å². The molecule has 0 bridgehead atoms. The molecule has 0 radical (unpaired) electrons. The van der Waals surface area contributed by atoms with Crippen LogP contribution >= 0.6 is 28.1 Å². The van der Waals surface area contributed by atoms with E-state index in [4.69, 9.17) is 12.2 Å². The normalized spacial score (nSPS) is 19.9. The van der Waals surface area contributed by atoms with Crippen molar-refractivity contribution in [1.82, 2.24) is 14.9 Å². The topological polar surface area (TPSA) is 33.1 Å². The fourth-order valence-electron chi connectivity index (χ4n) is 3.32. The van der Waals surface area contributed by atoms with E-state index in [1.165, 1.54) is 5.69 Å². The van der Waals surface area contributed by atoms with Crippen molar-refractivity contribution >= 4 is 38.9 Å². The number of benzene rings is 1. The molecule has 3 aromatic rings. The van der Waals surface area contributed by atoms with Crippen molar-refractivity contribution in [3.05, 3.63) is 82.9 Å². The number of hydrogen-bond acceptors (Lipinski definition) is 2. The first-order valence-electron chi connectivity index (χ1n) is 8.02. The molecule has 0 spiro atoms. The van der Waals surface area contributed by atoms with Crippen molar-refractivity contribution in [1.29, 1.82) is 0 Å². The third-order valence-electron chi connectivity index (χ3n) is 4.49. The summed E-state index contributed by atoms with van der Waals surface area (Å²) in [6, 6.07) is 18.4. The number of rotatable bonds is 3. The number of hydrogen-bond donors (Lipinski definition) is 1. The highest BCUT2D eigenvalue weighted by Crippen LogP contribution is 2.41. The molecule has 4 nitrogen and oxygen atoms in total. The Morgan fingerprint density at radius 3 is 2.52 bits per heavy atom. The molecule has 126 valence electrons. The van der Waals surface area contributed by atoms with Crippen LogP contribution in [-0.4, -0.2) is 14.7 Å². The number of nitrogens with one attached hydrogen (secondary N) is 1. The zero-order valence-electron chi connectivity index (χ0n) is 13.6. The quantitative estimate of drug-likeness (QED) is 0.647. The lowest BCUT2D eigenvalue weighted by Crippen LogP contribution is -2.30. The molecule has 2 aromatic heterocycles. The highest BCUT2D eigenvalue weighted by Gasteiger charge is 2.41. The summed E-state index contributed by atoms with van der Waals surface area (Å²) in [6.07, 6.45) is 3.89. The van der Waals surface area contributed by atoms with Gasteiger partial charge in [0.25, 0.3) is 0 Å². The molecule has 1 saturated heterocycles. The highest BCUT2D eigenvalue weighted by molar-refractivity contribution is 9.10. The maximum atomic E-state index is 5.69. The van der Waals surface area contributed by atoms with Crippen LogP contribution in [0.15, 0.2) is 71.5 Å². The number of pyridine rings is 1. The first-order chi connectivity index (χ1) is 12.1. The van der Waals surface area contributed by atoms with Crippen LogP contribution in [0.1, 0.15) is 23.5 Å². The van der Waals surface area contributed by atoms with Crippen LogP contribution in [0.4, 0.5) is 5.69 Å². The van der Waals surface area contributed by atoms with Crippen LogP contribution in [0.2, 0.25) is 0 Å². The van der Waals surface area contributed by atoms with Crippen molar-refractivity contribution in [2.24, 2.45) is 7.05 Å². The van der Waals surface area contributed by atoms with Gasteiger partial charge < -0.3 is 14.8 Å². The molecule has 2 atom stereocenters. The molecular formula is C19H17BrN4S. The Kier molecular flexibility index (Phi) is 4.31. The lowest BCUT2D eigenvalue weighted by atomic mass is 10.0. The molecule has 1 aliphatic rings. The van der Waals surface area contributed by atoms with Crippen LogP contribution in [0.3, 0.4) is 0 Å². The average molecular weight is 413 g/mol. The van der Waals surface area contributed by atoms with Crippen LogP contribution in [0, 0.1) is 0 Å². The fourth-order valence-corrected chi connectivity index (χ4v) is 3.93. The predicted octanol–water partition coefficient (Wildman–Crippen LogP) is 4.36. The van der Waals surface area contributed by atoms with E-state index in [2.05, 4.69) is 73.2 Å². The van der Waals surface area contributed by atoms with Crippen LogP contribution in [0.25, 0.3) is 0 Å². The van der Waals surface area contributed by atoms with Crippen LogP contribution in [-0.2, 0) is 7.05 Å². The number of anilines is 1. The van der Waals surface area contributed by atoms with Gasteiger partial charge in [-0.25, -0.2) is 0 Å². The zero-order valence-corrected chi connectivity index (χ0v) is 16.0. The van der Waals surface area contributed by atoms with Gasteiger partial charge in [0.2, 0.25) is 0 Å². The standard InChI is InChI=1S/C19H17BrN4S/c1-23-12-4-6-16(23)18-17(15-5-2-3-11-21-15)22-19(25)24(18)14-9-7-13(20)8-10-14/h2-12,17-18H,1H3,(H,22,25). The monoisotopic (exact) mass is 412 g/mol. The summed E-state index contributed by atoms with van der Waals surface area (Å²) in [4.78, 5) is 6.74. The van der Waals surface area contributed by atoms with E-state index >= 15 is 0 Å². The Bertz CT molecular complexity index is 891. The second-order valence-corrected chi connectivity index (χ2v) is 7.32. The Morgan fingerprint density at radius 2 is 1.88 bits per heavy atom. The molecule has 3 heterocycles. The summed E-state index contributed by atoms with van der Waals surface area (Å²) < 4.78 is 3.19. The average Bonchev–Trinajstić information content (AvgIpc) is 3.19. The Balaban J connectivity index is 1.83. The second-order valence-electron chi connectivity index (χ2n) is 6.02. The van der Waals surface area contributed by atoms with Crippen molar-refractivity contribution in [2.75, 3.05) is 4.90 Å². The minimum Gasteiger partial charge on any atom is -0.353 e. The lowest BCUT2D eigenvalue weighted by molar-refractivity contribution is 0.541. The third-order valence-corrected chi connectivity index (χ3v) is 5.33. The molecule has 0 amide bonds. The number of nitrogens with zero attached hydrogens (tertiary/aromatic N) is 3. The molecule has 2 unspecified atom stereocenters. The molecule has 6 heteroatoms. The second kappa shape index (κ2) is 6.61. The number of aromatic nitrogens is 2. The maximum absolute atomic E-state index is 5.69. The van der Waals surface area contributed by atoms with Gasteiger partial charge in [-0.3, -0.25) is 4.98 Å². The summed E-state index contributed by atoms with van der Waals surface area (Å²) in [7, 11) is 2.06. The van der Waals surface area contributed by atoms with Gasteiger partial charge in [-0.1, -0.05) is 22.0 Å². The first kappa shape index (κ1) is 16.3. The smallest absolute Gasteiger partial charge is 0.174 e. The van der Waals surface area contributed by atoms with Crippen molar-refractivity contribution in [3.8, 4) is 0 Å². The molecule has 1 fully saturated rings. The van der Waals surface area contributed by atoms with Gasteiger partial charge in [0, 0.05) is 35.3 Å². The number of aryl methyl sites for hydroxylation is 1. The molecule has 1 N–H and O–H groups in total. The number of thiocarbonyl (C=S) groups is 1. The molecular weight excluding hydrogens is 396 g/mol. The summed E-state index contributed by atoms with van der Waals surface area (Å²) in [5.74, 6) is 0. The van der Waals surface area contributed by atoms with Crippen LogP contribution in [0.5, 0.6) is 0 Å². The summed E-state index contributed by atoms with van der Waals surface area (Å²) in [5, 5.41) is 4.18. The van der Waals surface area contributed by atoms with Crippen molar-refractivity contribution in [3.63, 3.8) is 0 Å². The summed E-state index contributed by atoms with van der Waals surface area (Å²) in [6.45, 7) is 0. The molecule has 0 aliphatic carbocycles. The predicted molar refractivity (Wildman–Crippen MR) is 107 cm³/mol. The summed E-state index contributed by atoms with van der Waals surface area (Å²) >= 11 is 9.19. The van der Waals surface area contributed by atoms with E-state index in [1.807, 2.05) is 36.5 Å². The van der Waals surface area contributed by atoms with E-state index in [0.29, 0.717) is 5.11 Å². The lowest BCUT2D eigenvalue weighted by Gasteiger charge is -2.28. The molecule has 1 aromatic carbocycles. The SMILES string of the molecule is Cn1cccc1C1C(c2ccccn2)NC(=S)N1c1ccc(Br)cc1. The van der Waals surface area contributed by atoms with Crippen LogP contribution < -0.4 is 10.2 Å². The van der Waals surface area contributed by atoms with E-state index in [-0.39, 0.29) is 12.1 Å². The Labute approximate surface area is 160 Å².